The van der Waals surface area contributed by atoms with Gasteiger partial charge >= 0.3 is 0 Å². The molecule has 5 heteroatoms. The smallest absolute Gasteiger partial charge is 0.275 e. The Bertz CT molecular complexity index is 992. The first-order chi connectivity index (χ1) is 13.6. The predicted octanol–water partition coefficient (Wildman–Crippen LogP) is 4.64. The van der Waals surface area contributed by atoms with Crippen molar-refractivity contribution in [2.75, 3.05) is 10.6 Å². The van der Waals surface area contributed by atoms with Crippen molar-refractivity contribution in [3.8, 4) is 0 Å². The number of rotatable bonds is 5. The maximum atomic E-state index is 12.8. The highest BCUT2D eigenvalue weighted by Crippen LogP contribution is 2.24. The van der Waals surface area contributed by atoms with Crippen molar-refractivity contribution in [1.29, 1.82) is 0 Å². The van der Waals surface area contributed by atoms with Crippen LogP contribution in [0.3, 0.4) is 0 Å². The van der Waals surface area contributed by atoms with Gasteiger partial charge in [-0.05, 0) is 42.5 Å². The first kappa shape index (κ1) is 18.3. The molecule has 1 aromatic heterocycles. The molecule has 1 aliphatic heterocycles. The Labute approximate surface area is 165 Å². The highest BCUT2D eigenvalue weighted by Gasteiger charge is 2.20. The van der Waals surface area contributed by atoms with Gasteiger partial charge in [-0.25, -0.2) is 4.98 Å². The highest BCUT2D eigenvalue weighted by atomic mass is 16.1. The van der Waals surface area contributed by atoms with E-state index in [9.17, 15) is 4.79 Å². The Balaban J connectivity index is 1.48. The van der Waals surface area contributed by atoms with Gasteiger partial charge in [0.1, 0.15) is 11.5 Å². The number of nitrogens with one attached hydrogen (secondary N) is 2. The number of fused-ring (bicyclic) bond motifs is 1. The lowest BCUT2D eigenvalue weighted by Crippen LogP contribution is -2.17. The number of imidazole rings is 1. The molecule has 144 valence electrons. The van der Waals surface area contributed by atoms with Crippen molar-refractivity contribution in [3.05, 3.63) is 77.4 Å². The summed E-state index contributed by atoms with van der Waals surface area (Å²) < 4.78 is 2.12. The fourth-order valence-electron chi connectivity index (χ4n) is 3.66. The van der Waals surface area contributed by atoms with Crippen LogP contribution in [0.4, 0.5) is 11.4 Å². The van der Waals surface area contributed by atoms with Crippen LogP contribution in [0, 0.1) is 12.8 Å². The van der Waals surface area contributed by atoms with Crippen molar-refractivity contribution in [1.82, 2.24) is 9.55 Å². The number of hydrogen-bond donors (Lipinski definition) is 2. The van der Waals surface area contributed by atoms with Crippen LogP contribution in [0.1, 0.15) is 40.8 Å². The molecule has 28 heavy (non-hydrogen) atoms. The monoisotopic (exact) mass is 374 g/mol. The quantitative estimate of drug-likeness (QED) is 0.684. The third-order valence-corrected chi connectivity index (χ3v) is 5.37. The number of nitrogens with zero attached hydrogens (tertiary/aromatic N) is 2. The standard InChI is InChI=1S/C23H26N4O/c1-16-11-12-22-25-21(15-27(22)14-16)23(28)26-20-10-6-5-9-19(20)24-13-18-8-4-3-7-17(18)2/h3-10,15-16,24H,11-14H2,1-2H3,(H,26,28). The van der Waals surface area contributed by atoms with E-state index in [2.05, 4.69) is 46.2 Å². The van der Waals surface area contributed by atoms with E-state index in [4.69, 9.17) is 0 Å². The fraction of sp³-hybridized carbons (Fsp3) is 0.304. The van der Waals surface area contributed by atoms with Crippen LogP contribution in [0.15, 0.2) is 54.7 Å². The first-order valence-corrected chi connectivity index (χ1v) is 9.85. The van der Waals surface area contributed by atoms with E-state index >= 15 is 0 Å². The van der Waals surface area contributed by atoms with E-state index in [1.165, 1.54) is 11.1 Å². The molecule has 0 fully saturated rings. The van der Waals surface area contributed by atoms with Crippen LogP contribution in [-0.4, -0.2) is 15.5 Å². The summed E-state index contributed by atoms with van der Waals surface area (Å²) in [6.07, 6.45) is 3.94. The molecule has 2 aromatic carbocycles. The van der Waals surface area contributed by atoms with Crippen LogP contribution < -0.4 is 10.6 Å². The number of benzene rings is 2. The summed E-state index contributed by atoms with van der Waals surface area (Å²) in [4.78, 5) is 17.3. The summed E-state index contributed by atoms with van der Waals surface area (Å²) in [7, 11) is 0. The Hall–Kier alpha value is -3.08. The van der Waals surface area contributed by atoms with Crippen molar-refractivity contribution in [2.45, 2.75) is 39.8 Å². The van der Waals surface area contributed by atoms with Gasteiger partial charge < -0.3 is 15.2 Å². The molecular formula is C23H26N4O. The lowest BCUT2D eigenvalue weighted by Gasteiger charge is -2.19. The van der Waals surface area contributed by atoms with Gasteiger partial charge in [0.15, 0.2) is 0 Å². The van der Waals surface area contributed by atoms with E-state index in [1.807, 2.05) is 42.6 Å². The second-order valence-corrected chi connectivity index (χ2v) is 7.62. The number of carbonyl (C=O) groups excluding carboxylic acids is 1. The zero-order chi connectivity index (χ0) is 19.5. The molecule has 1 unspecified atom stereocenters. The first-order valence-electron chi connectivity index (χ1n) is 9.85. The van der Waals surface area contributed by atoms with Gasteiger partial charge in [0, 0.05) is 25.7 Å². The summed E-state index contributed by atoms with van der Waals surface area (Å²) in [5.74, 6) is 1.47. The lowest BCUT2D eigenvalue weighted by molar-refractivity contribution is 0.102. The molecule has 1 atom stereocenters. The summed E-state index contributed by atoms with van der Waals surface area (Å²) in [5.41, 5.74) is 4.63. The molecule has 0 bridgehead atoms. The third kappa shape index (κ3) is 3.93. The molecule has 0 saturated heterocycles. The molecule has 2 N–H and O–H groups in total. The molecule has 3 aromatic rings. The molecule has 5 nitrogen and oxygen atoms in total. The second-order valence-electron chi connectivity index (χ2n) is 7.62. The molecule has 1 aliphatic rings. The van der Waals surface area contributed by atoms with E-state index < -0.39 is 0 Å². The van der Waals surface area contributed by atoms with E-state index in [0.717, 1.165) is 36.6 Å². The molecule has 1 amide bonds. The van der Waals surface area contributed by atoms with Crippen molar-refractivity contribution < 1.29 is 4.79 Å². The van der Waals surface area contributed by atoms with E-state index in [1.54, 1.807) is 0 Å². The topological polar surface area (TPSA) is 58.9 Å². The zero-order valence-corrected chi connectivity index (χ0v) is 16.4. The van der Waals surface area contributed by atoms with Gasteiger partial charge in [-0.15, -0.1) is 0 Å². The average molecular weight is 374 g/mol. The lowest BCUT2D eigenvalue weighted by atomic mass is 10.0. The summed E-state index contributed by atoms with van der Waals surface area (Å²) in [6, 6.07) is 16.1. The normalized spacial score (nSPS) is 15.7. The number of carbonyl (C=O) groups is 1. The van der Waals surface area contributed by atoms with Gasteiger partial charge in [-0.3, -0.25) is 4.79 Å². The number of para-hydroxylation sites is 2. The Morgan fingerprint density at radius 1 is 1.14 bits per heavy atom. The zero-order valence-electron chi connectivity index (χ0n) is 16.4. The van der Waals surface area contributed by atoms with Gasteiger partial charge in [0.25, 0.3) is 5.91 Å². The third-order valence-electron chi connectivity index (χ3n) is 5.37. The number of anilines is 2. The largest absolute Gasteiger partial charge is 0.379 e. The van der Waals surface area contributed by atoms with Gasteiger partial charge in [0.05, 0.1) is 11.4 Å². The molecule has 0 saturated carbocycles. The Kier molecular flexibility index (Phi) is 5.15. The maximum Gasteiger partial charge on any atom is 0.275 e. The van der Waals surface area contributed by atoms with E-state index in [0.29, 0.717) is 18.2 Å². The molecule has 4 rings (SSSR count). The van der Waals surface area contributed by atoms with Crippen LogP contribution in [0.25, 0.3) is 0 Å². The van der Waals surface area contributed by atoms with Crippen molar-refractivity contribution in [2.24, 2.45) is 5.92 Å². The number of hydrogen-bond acceptors (Lipinski definition) is 3. The van der Waals surface area contributed by atoms with Crippen LogP contribution >= 0.6 is 0 Å². The molecule has 0 radical (unpaired) electrons. The highest BCUT2D eigenvalue weighted by molar-refractivity contribution is 6.04. The van der Waals surface area contributed by atoms with Crippen molar-refractivity contribution in [3.63, 3.8) is 0 Å². The average Bonchev–Trinajstić information content (AvgIpc) is 3.12. The number of aromatic nitrogens is 2. The number of aryl methyl sites for hydroxylation is 2. The van der Waals surface area contributed by atoms with Gasteiger partial charge in [-0.2, -0.15) is 0 Å². The minimum Gasteiger partial charge on any atom is -0.379 e. The second kappa shape index (κ2) is 7.89. The Morgan fingerprint density at radius 2 is 1.89 bits per heavy atom. The van der Waals surface area contributed by atoms with E-state index in [-0.39, 0.29) is 5.91 Å². The van der Waals surface area contributed by atoms with Crippen LogP contribution in [-0.2, 0) is 19.5 Å². The fourth-order valence-corrected chi connectivity index (χ4v) is 3.66. The van der Waals surface area contributed by atoms with Crippen LogP contribution in [0.5, 0.6) is 0 Å². The van der Waals surface area contributed by atoms with Crippen molar-refractivity contribution >= 4 is 17.3 Å². The minimum atomic E-state index is -0.167. The predicted molar refractivity (Wildman–Crippen MR) is 113 cm³/mol. The Morgan fingerprint density at radius 3 is 2.71 bits per heavy atom. The van der Waals surface area contributed by atoms with Gasteiger partial charge in [-0.1, -0.05) is 43.3 Å². The number of amides is 1. The molecule has 2 heterocycles. The van der Waals surface area contributed by atoms with Crippen LogP contribution in [0.2, 0.25) is 0 Å². The van der Waals surface area contributed by atoms with Gasteiger partial charge in [0.2, 0.25) is 0 Å². The molecule has 0 spiro atoms. The summed E-state index contributed by atoms with van der Waals surface area (Å²) in [6.45, 7) is 5.98. The SMILES string of the molecule is Cc1ccccc1CNc1ccccc1NC(=O)c1cn2c(n1)CCC(C)C2. The maximum absolute atomic E-state index is 12.8. The minimum absolute atomic E-state index is 0.167. The molecular weight excluding hydrogens is 348 g/mol. The summed E-state index contributed by atoms with van der Waals surface area (Å²) >= 11 is 0. The summed E-state index contributed by atoms with van der Waals surface area (Å²) in [5, 5.41) is 6.46. The molecule has 0 aliphatic carbocycles.